The first-order valence-electron chi connectivity index (χ1n) is 13.2. The number of aryl methyl sites for hydroxylation is 1. The summed E-state index contributed by atoms with van der Waals surface area (Å²) in [7, 11) is 0. The number of rotatable bonds is 12. The molecule has 0 bridgehead atoms. The lowest BCUT2D eigenvalue weighted by atomic mass is 10.0. The van der Waals surface area contributed by atoms with Gasteiger partial charge in [0, 0.05) is 19.5 Å². The maximum atomic E-state index is 13.8. The highest BCUT2D eigenvalue weighted by atomic mass is 79.9. The Morgan fingerprint density at radius 2 is 1.61 bits per heavy atom. The van der Waals surface area contributed by atoms with Gasteiger partial charge in [-0.15, -0.1) is 0 Å². The van der Waals surface area contributed by atoms with Gasteiger partial charge in [-0.3, -0.25) is 9.59 Å². The van der Waals surface area contributed by atoms with Crippen molar-refractivity contribution in [1.82, 2.24) is 10.2 Å². The van der Waals surface area contributed by atoms with Crippen molar-refractivity contribution in [3.05, 3.63) is 99.5 Å². The Hall–Kier alpha value is -3.12. The standard InChI is InChI=1S/C32H39BrN2O3/c1-22(2)19-34-32(37)29(17-25-9-7-6-8-10-25)35(20-26-13-11-24(5)12-14-26)31(36)21-38-30-16-15-27(23(3)4)18-28(30)33/h6-16,18,22-23,29H,17,19-21H2,1-5H3,(H,34,37)/t29-/m1/s1. The van der Waals surface area contributed by atoms with E-state index < -0.39 is 6.04 Å². The number of ether oxygens (including phenoxy) is 1. The number of hydrogen-bond donors (Lipinski definition) is 1. The van der Waals surface area contributed by atoms with E-state index in [1.807, 2.05) is 79.7 Å². The van der Waals surface area contributed by atoms with Gasteiger partial charge < -0.3 is 15.0 Å². The third-order valence-electron chi connectivity index (χ3n) is 6.40. The van der Waals surface area contributed by atoms with Crippen LogP contribution in [0.5, 0.6) is 5.75 Å². The molecule has 3 rings (SSSR count). The van der Waals surface area contributed by atoms with Gasteiger partial charge in [0.2, 0.25) is 5.91 Å². The van der Waals surface area contributed by atoms with E-state index in [1.165, 1.54) is 5.56 Å². The van der Waals surface area contributed by atoms with Crippen molar-refractivity contribution in [2.75, 3.05) is 13.2 Å². The molecule has 3 aromatic rings. The van der Waals surface area contributed by atoms with E-state index in [4.69, 9.17) is 4.74 Å². The molecule has 0 saturated heterocycles. The zero-order valence-corrected chi connectivity index (χ0v) is 24.6. The lowest BCUT2D eigenvalue weighted by Gasteiger charge is -2.32. The van der Waals surface area contributed by atoms with E-state index in [9.17, 15) is 9.59 Å². The van der Waals surface area contributed by atoms with Crippen LogP contribution in [0.1, 0.15) is 55.9 Å². The van der Waals surface area contributed by atoms with Crippen molar-refractivity contribution in [3.63, 3.8) is 0 Å². The number of hydrogen-bond acceptors (Lipinski definition) is 3. The number of nitrogens with one attached hydrogen (secondary N) is 1. The van der Waals surface area contributed by atoms with Gasteiger partial charge in [0.25, 0.3) is 5.91 Å². The molecule has 0 unspecified atom stereocenters. The molecule has 5 nitrogen and oxygen atoms in total. The average molecular weight is 580 g/mol. The maximum absolute atomic E-state index is 13.8. The van der Waals surface area contributed by atoms with Gasteiger partial charge >= 0.3 is 0 Å². The molecule has 0 aliphatic carbocycles. The second-order valence-electron chi connectivity index (χ2n) is 10.5. The molecule has 1 N–H and O–H groups in total. The number of benzene rings is 3. The fourth-order valence-corrected chi connectivity index (χ4v) is 4.59. The summed E-state index contributed by atoms with van der Waals surface area (Å²) in [4.78, 5) is 28.9. The van der Waals surface area contributed by atoms with Crippen LogP contribution in [-0.4, -0.2) is 35.9 Å². The summed E-state index contributed by atoms with van der Waals surface area (Å²) in [6.07, 6.45) is 0.412. The van der Waals surface area contributed by atoms with Gasteiger partial charge in [-0.25, -0.2) is 0 Å². The summed E-state index contributed by atoms with van der Waals surface area (Å²) in [6.45, 7) is 11.1. The van der Waals surface area contributed by atoms with Gasteiger partial charge in [0.05, 0.1) is 4.47 Å². The van der Waals surface area contributed by atoms with E-state index in [2.05, 4.69) is 48.9 Å². The second kappa shape index (κ2) is 14.1. The Bertz CT molecular complexity index is 1190. The first-order valence-corrected chi connectivity index (χ1v) is 14.0. The highest BCUT2D eigenvalue weighted by molar-refractivity contribution is 9.10. The molecule has 0 radical (unpaired) electrons. The molecule has 0 fully saturated rings. The Morgan fingerprint density at radius 3 is 2.21 bits per heavy atom. The zero-order valence-electron chi connectivity index (χ0n) is 23.0. The van der Waals surface area contributed by atoms with Crippen molar-refractivity contribution in [1.29, 1.82) is 0 Å². The molecule has 0 aliphatic heterocycles. The lowest BCUT2D eigenvalue weighted by molar-refractivity contribution is -0.142. The molecule has 0 heterocycles. The number of nitrogens with zero attached hydrogens (tertiary/aromatic N) is 1. The monoisotopic (exact) mass is 578 g/mol. The minimum Gasteiger partial charge on any atom is -0.483 e. The summed E-state index contributed by atoms with van der Waals surface area (Å²) in [6, 6.07) is 23.1. The minimum absolute atomic E-state index is 0.162. The number of amides is 2. The van der Waals surface area contributed by atoms with Crippen molar-refractivity contribution in [2.45, 2.75) is 59.5 Å². The number of carbonyl (C=O) groups excluding carboxylic acids is 2. The largest absolute Gasteiger partial charge is 0.483 e. The summed E-state index contributed by atoms with van der Waals surface area (Å²) in [5, 5.41) is 3.05. The Labute approximate surface area is 235 Å². The molecule has 0 spiro atoms. The minimum atomic E-state index is -0.680. The lowest BCUT2D eigenvalue weighted by Crippen LogP contribution is -2.52. The normalized spacial score (nSPS) is 11.9. The van der Waals surface area contributed by atoms with Gasteiger partial charge in [0.15, 0.2) is 6.61 Å². The molecule has 6 heteroatoms. The van der Waals surface area contributed by atoms with Crippen LogP contribution >= 0.6 is 15.9 Å². The molecule has 0 aliphatic rings. The molecule has 202 valence electrons. The highest BCUT2D eigenvalue weighted by Crippen LogP contribution is 2.29. The predicted octanol–water partition coefficient (Wildman–Crippen LogP) is 6.67. The molecule has 2 amide bonds. The quantitative estimate of drug-likeness (QED) is 0.261. The molecule has 38 heavy (non-hydrogen) atoms. The first kappa shape index (κ1) is 29.4. The molecule has 0 aromatic heterocycles. The third kappa shape index (κ3) is 8.73. The van der Waals surface area contributed by atoms with Crippen LogP contribution in [0.2, 0.25) is 0 Å². The van der Waals surface area contributed by atoms with Crippen molar-refractivity contribution >= 4 is 27.7 Å². The average Bonchev–Trinajstić information content (AvgIpc) is 2.90. The molecule has 3 aromatic carbocycles. The number of carbonyl (C=O) groups is 2. The molecule has 0 saturated carbocycles. The Morgan fingerprint density at radius 1 is 0.921 bits per heavy atom. The van der Waals surface area contributed by atoms with Crippen molar-refractivity contribution in [3.8, 4) is 5.75 Å². The molecular formula is C32H39BrN2O3. The predicted molar refractivity (Wildman–Crippen MR) is 157 cm³/mol. The van der Waals surface area contributed by atoms with Crippen LogP contribution in [-0.2, 0) is 22.6 Å². The molecule has 1 atom stereocenters. The van der Waals surface area contributed by atoms with Crippen LogP contribution in [0.3, 0.4) is 0 Å². The fourth-order valence-electron chi connectivity index (χ4n) is 4.08. The number of halogens is 1. The van der Waals surface area contributed by atoms with Crippen molar-refractivity contribution < 1.29 is 14.3 Å². The van der Waals surface area contributed by atoms with Gasteiger partial charge in [0.1, 0.15) is 11.8 Å². The zero-order chi connectivity index (χ0) is 27.7. The SMILES string of the molecule is Cc1ccc(CN(C(=O)COc2ccc(C(C)C)cc2Br)[C@H](Cc2ccccc2)C(=O)NCC(C)C)cc1. The highest BCUT2D eigenvalue weighted by Gasteiger charge is 2.31. The van der Waals surface area contributed by atoms with E-state index in [1.54, 1.807) is 4.90 Å². The smallest absolute Gasteiger partial charge is 0.261 e. The van der Waals surface area contributed by atoms with Crippen LogP contribution in [0.15, 0.2) is 77.3 Å². The first-order chi connectivity index (χ1) is 18.1. The second-order valence-corrected chi connectivity index (χ2v) is 11.3. The maximum Gasteiger partial charge on any atom is 0.261 e. The fraction of sp³-hybridized carbons (Fsp3) is 0.375. The van der Waals surface area contributed by atoms with Crippen LogP contribution in [0.4, 0.5) is 0 Å². The van der Waals surface area contributed by atoms with Crippen LogP contribution < -0.4 is 10.1 Å². The van der Waals surface area contributed by atoms with E-state index in [-0.39, 0.29) is 18.4 Å². The van der Waals surface area contributed by atoms with Crippen molar-refractivity contribution in [2.24, 2.45) is 5.92 Å². The van der Waals surface area contributed by atoms with Crippen LogP contribution in [0, 0.1) is 12.8 Å². The Kier molecular flexibility index (Phi) is 11.0. The Balaban J connectivity index is 1.89. The van der Waals surface area contributed by atoms with E-state index in [0.717, 1.165) is 21.2 Å². The summed E-state index contributed by atoms with van der Waals surface area (Å²) in [5.74, 6) is 0.876. The summed E-state index contributed by atoms with van der Waals surface area (Å²) < 4.78 is 6.78. The topological polar surface area (TPSA) is 58.6 Å². The molecular weight excluding hydrogens is 540 g/mol. The summed E-state index contributed by atoms with van der Waals surface area (Å²) in [5.41, 5.74) is 4.27. The third-order valence-corrected chi connectivity index (χ3v) is 7.02. The van der Waals surface area contributed by atoms with Crippen LogP contribution in [0.25, 0.3) is 0 Å². The van der Waals surface area contributed by atoms with E-state index in [0.29, 0.717) is 37.1 Å². The van der Waals surface area contributed by atoms with E-state index >= 15 is 0 Å². The van der Waals surface area contributed by atoms with Gasteiger partial charge in [-0.1, -0.05) is 93.9 Å². The van der Waals surface area contributed by atoms with Gasteiger partial charge in [-0.05, 0) is 63.5 Å². The van der Waals surface area contributed by atoms with Gasteiger partial charge in [-0.2, -0.15) is 0 Å². The summed E-state index contributed by atoms with van der Waals surface area (Å²) >= 11 is 3.58.